The highest BCUT2D eigenvalue weighted by Crippen LogP contribution is 2.18. The lowest BCUT2D eigenvalue weighted by Crippen LogP contribution is -2.60. The van der Waals surface area contributed by atoms with Gasteiger partial charge >= 0.3 is 5.97 Å². The largest absolute Gasteiger partial charge is 0.480 e. The normalized spacial score (nSPS) is 19.8. The number of hydrogen-bond donors (Lipinski definition) is 4. The molecule has 1 unspecified atom stereocenters. The number of aliphatic carboxylic acids is 1. The van der Waals surface area contributed by atoms with Crippen LogP contribution in [0.15, 0.2) is 0 Å². The summed E-state index contributed by atoms with van der Waals surface area (Å²) in [5.41, 5.74) is 9.64. The van der Waals surface area contributed by atoms with E-state index in [0.29, 0.717) is 26.1 Å². The lowest BCUT2D eigenvalue weighted by Gasteiger charge is -2.32. The second kappa shape index (κ2) is 5.78. The van der Waals surface area contributed by atoms with Crippen LogP contribution < -0.4 is 16.8 Å². The van der Waals surface area contributed by atoms with Crippen molar-refractivity contribution in [2.75, 3.05) is 13.2 Å². The predicted molar refractivity (Wildman–Crippen MR) is 60.3 cm³/mol. The van der Waals surface area contributed by atoms with E-state index in [2.05, 4.69) is 5.32 Å². The van der Waals surface area contributed by atoms with Crippen LogP contribution in [0.3, 0.4) is 0 Å². The van der Waals surface area contributed by atoms with Crippen LogP contribution in [0.4, 0.5) is 0 Å². The van der Waals surface area contributed by atoms with E-state index in [1.54, 1.807) is 0 Å². The molecule has 1 aliphatic rings. The van der Waals surface area contributed by atoms with E-state index in [1.165, 1.54) is 0 Å². The van der Waals surface area contributed by atoms with E-state index in [-0.39, 0.29) is 0 Å². The molecule has 2 amide bonds. The summed E-state index contributed by atoms with van der Waals surface area (Å²) in [4.78, 5) is 33.5. The lowest BCUT2D eigenvalue weighted by molar-refractivity contribution is -0.144. The second-order valence-corrected chi connectivity index (χ2v) is 4.30. The molecular weight excluding hydrogens is 242 g/mol. The molecule has 1 heterocycles. The van der Waals surface area contributed by atoms with Gasteiger partial charge in [0.05, 0.1) is 12.0 Å². The fraction of sp³-hybridized carbons (Fsp3) is 0.700. The maximum atomic E-state index is 11.9. The Morgan fingerprint density at radius 3 is 2.33 bits per heavy atom. The van der Waals surface area contributed by atoms with E-state index in [0.717, 1.165) is 0 Å². The molecule has 1 atom stereocenters. The summed E-state index contributed by atoms with van der Waals surface area (Å²) < 4.78 is 5.08. The number of nitrogens with one attached hydrogen (secondary N) is 1. The number of rotatable bonds is 5. The molecular formula is C10H17N3O5. The van der Waals surface area contributed by atoms with Crippen LogP contribution in [0.2, 0.25) is 0 Å². The van der Waals surface area contributed by atoms with Gasteiger partial charge in [0.15, 0.2) is 0 Å². The van der Waals surface area contributed by atoms with Gasteiger partial charge in [-0.05, 0) is 12.8 Å². The number of carbonyl (C=O) groups is 3. The van der Waals surface area contributed by atoms with E-state index < -0.39 is 35.8 Å². The molecule has 18 heavy (non-hydrogen) atoms. The Morgan fingerprint density at radius 2 is 1.89 bits per heavy atom. The van der Waals surface area contributed by atoms with Gasteiger partial charge in [-0.25, -0.2) is 4.79 Å². The van der Waals surface area contributed by atoms with Crippen molar-refractivity contribution in [2.24, 2.45) is 11.5 Å². The zero-order valence-corrected chi connectivity index (χ0v) is 9.85. The van der Waals surface area contributed by atoms with Gasteiger partial charge in [0.25, 0.3) is 0 Å². The third-order valence-corrected chi connectivity index (χ3v) is 2.85. The third kappa shape index (κ3) is 3.67. The monoisotopic (exact) mass is 259 g/mol. The van der Waals surface area contributed by atoms with Crippen LogP contribution >= 0.6 is 0 Å². The standard InChI is InChI=1S/C10H17N3O5/c11-7(14)5-6(8(15)16)13-9(17)10(12)1-3-18-4-2-10/h6H,1-5,12H2,(H2,11,14)(H,13,17)(H,15,16). The second-order valence-electron chi connectivity index (χ2n) is 4.30. The highest BCUT2D eigenvalue weighted by molar-refractivity contribution is 5.92. The number of amides is 2. The molecule has 8 heteroatoms. The Kier molecular flexibility index (Phi) is 4.62. The molecule has 0 spiro atoms. The first-order chi connectivity index (χ1) is 8.35. The van der Waals surface area contributed by atoms with E-state index in [1.807, 2.05) is 0 Å². The molecule has 0 aromatic rings. The quantitative estimate of drug-likeness (QED) is 0.446. The molecule has 8 nitrogen and oxygen atoms in total. The van der Waals surface area contributed by atoms with Crippen LogP contribution in [0, 0.1) is 0 Å². The molecule has 1 rings (SSSR count). The molecule has 0 radical (unpaired) electrons. The van der Waals surface area contributed by atoms with Crippen molar-refractivity contribution in [1.29, 1.82) is 0 Å². The summed E-state index contributed by atoms with van der Waals surface area (Å²) >= 11 is 0. The number of carboxylic acids is 1. The zero-order valence-electron chi connectivity index (χ0n) is 9.85. The first-order valence-electron chi connectivity index (χ1n) is 5.54. The maximum Gasteiger partial charge on any atom is 0.326 e. The number of carboxylic acid groups (broad SMARTS) is 1. The van der Waals surface area contributed by atoms with Crippen LogP contribution in [0.25, 0.3) is 0 Å². The van der Waals surface area contributed by atoms with Crippen molar-refractivity contribution in [3.8, 4) is 0 Å². The summed E-state index contributed by atoms with van der Waals surface area (Å²) in [7, 11) is 0. The summed E-state index contributed by atoms with van der Waals surface area (Å²) in [5, 5.41) is 11.1. The first-order valence-corrected chi connectivity index (χ1v) is 5.54. The number of carbonyl (C=O) groups excluding carboxylic acids is 2. The van der Waals surface area contributed by atoms with Gasteiger partial charge in [0.1, 0.15) is 6.04 Å². The number of ether oxygens (including phenoxy) is 1. The first kappa shape index (κ1) is 14.4. The number of nitrogens with two attached hydrogens (primary N) is 2. The Labute approximate surface area is 104 Å². The fourth-order valence-electron chi connectivity index (χ4n) is 1.67. The summed E-state index contributed by atoms with van der Waals surface area (Å²) in [6, 6.07) is -1.35. The smallest absolute Gasteiger partial charge is 0.326 e. The molecule has 0 saturated carbocycles. The minimum atomic E-state index is -1.35. The highest BCUT2D eigenvalue weighted by atomic mass is 16.5. The van der Waals surface area contributed by atoms with Crippen LogP contribution in [-0.2, 0) is 19.1 Å². The van der Waals surface area contributed by atoms with Crippen molar-refractivity contribution in [1.82, 2.24) is 5.32 Å². The van der Waals surface area contributed by atoms with Crippen molar-refractivity contribution in [2.45, 2.75) is 30.8 Å². The molecule has 6 N–H and O–H groups in total. The lowest BCUT2D eigenvalue weighted by atomic mass is 9.90. The highest BCUT2D eigenvalue weighted by Gasteiger charge is 2.38. The number of primary amides is 1. The minimum absolute atomic E-state index is 0.307. The van der Waals surface area contributed by atoms with Crippen LogP contribution in [0.1, 0.15) is 19.3 Å². The molecule has 102 valence electrons. The average molecular weight is 259 g/mol. The maximum absolute atomic E-state index is 11.9. The molecule has 1 saturated heterocycles. The molecule has 0 bridgehead atoms. The Bertz CT molecular complexity index is 351. The Balaban J connectivity index is 2.65. The molecule has 0 aromatic carbocycles. The van der Waals surface area contributed by atoms with Crippen LogP contribution in [-0.4, -0.2) is 47.7 Å². The van der Waals surface area contributed by atoms with Gasteiger partial charge in [-0.1, -0.05) is 0 Å². The average Bonchev–Trinajstić information content (AvgIpc) is 2.28. The molecule has 1 aliphatic heterocycles. The Hall–Kier alpha value is -1.67. The zero-order chi connectivity index (χ0) is 13.8. The van der Waals surface area contributed by atoms with E-state index in [4.69, 9.17) is 21.3 Å². The van der Waals surface area contributed by atoms with Gasteiger partial charge in [0.2, 0.25) is 11.8 Å². The van der Waals surface area contributed by atoms with Crippen molar-refractivity contribution in [3.05, 3.63) is 0 Å². The van der Waals surface area contributed by atoms with Gasteiger partial charge in [-0.3, -0.25) is 9.59 Å². The molecule has 0 aromatic heterocycles. The molecule has 1 fully saturated rings. The Morgan fingerprint density at radius 1 is 1.33 bits per heavy atom. The van der Waals surface area contributed by atoms with Gasteiger partial charge in [-0.15, -0.1) is 0 Å². The fourth-order valence-corrected chi connectivity index (χ4v) is 1.67. The van der Waals surface area contributed by atoms with E-state index in [9.17, 15) is 14.4 Å². The van der Waals surface area contributed by atoms with Crippen molar-refractivity contribution in [3.63, 3.8) is 0 Å². The molecule has 0 aliphatic carbocycles. The van der Waals surface area contributed by atoms with Crippen molar-refractivity contribution >= 4 is 17.8 Å². The van der Waals surface area contributed by atoms with Crippen molar-refractivity contribution < 1.29 is 24.2 Å². The SMILES string of the molecule is NC(=O)CC(NC(=O)C1(N)CCOCC1)C(=O)O. The third-order valence-electron chi connectivity index (χ3n) is 2.85. The number of hydrogen-bond acceptors (Lipinski definition) is 5. The van der Waals surface area contributed by atoms with Gasteiger partial charge in [-0.2, -0.15) is 0 Å². The van der Waals surface area contributed by atoms with Gasteiger partial charge in [0, 0.05) is 13.2 Å². The van der Waals surface area contributed by atoms with Gasteiger partial charge < -0.3 is 26.6 Å². The summed E-state index contributed by atoms with van der Waals surface area (Å²) in [6.07, 6.45) is 0.150. The van der Waals surface area contributed by atoms with E-state index >= 15 is 0 Å². The minimum Gasteiger partial charge on any atom is -0.480 e. The van der Waals surface area contributed by atoms with Crippen LogP contribution in [0.5, 0.6) is 0 Å². The summed E-state index contributed by atoms with van der Waals surface area (Å²) in [6.45, 7) is 0.689. The summed E-state index contributed by atoms with van der Waals surface area (Å²) in [5.74, 6) is -2.72. The topological polar surface area (TPSA) is 145 Å². The predicted octanol–water partition coefficient (Wildman–Crippen LogP) is -2.06.